The van der Waals surface area contributed by atoms with Gasteiger partial charge in [0.1, 0.15) is 5.01 Å². The molecule has 1 aromatic carbocycles. The lowest BCUT2D eigenvalue weighted by Crippen LogP contribution is -2.22. The number of hydrogen-bond donors (Lipinski definition) is 2. The van der Waals surface area contributed by atoms with E-state index in [2.05, 4.69) is 35.2 Å². The third-order valence-corrected chi connectivity index (χ3v) is 3.45. The highest BCUT2D eigenvalue weighted by Crippen LogP contribution is 2.14. The molecular formula is C14H18N4S. The monoisotopic (exact) mass is 274 g/mol. The van der Waals surface area contributed by atoms with Gasteiger partial charge in [-0.3, -0.25) is 0 Å². The van der Waals surface area contributed by atoms with Gasteiger partial charge in [0.05, 0.1) is 6.54 Å². The predicted molar refractivity (Wildman–Crippen MR) is 81.7 cm³/mol. The van der Waals surface area contributed by atoms with Crippen molar-refractivity contribution in [3.63, 3.8) is 0 Å². The number of aryl methyl sites for hydroxylation is 3. The van der Waals surface area contributed by atoms with E-state index in [0.29, 0.717) is 12.5 Å². The highest BCUT2D eigenvalue weighted by atomic mass is 32.1. The van der Waals surface area contributed by atoms with Crippen LogP contribution in [0, 0.1) is 20.8 Å². The number of benzene rings is 1. The Morgan fingerprint density at radius 1 is 1.26 bits per heavy atom. The van der Waals surface area contributed by atoms with Crippen LogP contribution in [-0.4, -0.2) is 10.9 Å². The Balaban J connectivity index is 2.01. The molecule has 2 rings (SSSR count). The maximum absolute atomic E-state index is 5.88. The molecule has 0 saturated heterocycles. The second-order valence-electron chi connectivity index (χ2n) is 4.57. The van der Waals surface area contributed by atoms with Gasteiger partial charge in [-0.1, -0.05) is 6.07 Å². The van der Waals surface area contributed by atoms with Gasteiger partial charge in [0.25, 0.3) is 0 Å². The highest BCUT2D eigenvalue weighted by molar-refractivity contribution is 7.11. The lowest BCUT2D eigenvalue weighted by Gasteiger charge is -2.07. The Labute approximate surface area is 117 Å². The van der Waals surface area contributed by atoms with Gasteiger partial charge in [-0.25, -0.2) is 9.98 Å². The first kappa shape index (κ1) is 13.5. The fourth-order valence-corrected chi connectivity index (χ4v) is 2.57. The summed E-state index contributed by atoms with van der Waals surface area (Å²) in [5.41, 5.74) is 9.24. The van der Waals surface area contributed by atoms with Crippen LogP contribution >= 0.6 is 11.3 Å². The van der Waals surface area contributed by atoms with E-state index in [-0.39, 0.29) is 0 Å². The van der Waals surface area contributed by atoms with Crippen molar-refractivity contribution >= 4 is 23.0 Å². The van der Waals surface area contributed by atoms with Crippen molar-refractivity contribution in [2.45, 2.75) is 27.3 Å². The average Bonchev–Trinajstić information content (AvgIpc) is 2.71. The van der Waals surface area contributed by atoms with Crippen molar-refractivity contribution in [1.29, 1.82) is 0 Å². The predicted octanol–water partition coefficient (Wildman–Crippen LogP) is 3.00. The lowest BCUT2D eigenvalue weighted by atomic mass is 10.1. The zero-order valence-corrected chi connectivity index (χ0v) is 12.2. The van der Waals surface area contributed by atoms with E-state index in [9.17, 15) is 0 Å². The van der Waals surface area contributed by atoms with E-state index >= 15 is 0 Å². The number of aliphatic imine (C=N–C) groups is 1. The zero-order chi connectivity index (χ0) is 13.8. The van der Waals surface area contributed by atoms with E-state index in [1.165, 1.54) is 16.0 Å². The number of nitrogens with one attached hydrogen (secondary N) is 1. The van der Waals surface area contributed by atoms with Crippen molar-refractivity contribution in [2.24, 2.45) is 10.7 Å². The molecule has 0 spiro atoms. The third kappa shape index (κ3) is 4.06. The number of hydrogen-bond acceptors (Lipinski definition) is 3. The van der Waals surface area contributed by atoms with Crippen LogP contribution in [0.15, 0.2) is 29.4 Å². The fourth-order valence-electron chi connectivity index (χ4n) is 1.86. The topological polar surface area (TPSA) is 63.3 Å². The molecular weight excluding hydrogens is 256 g/mol. The standard InChI is InChI=1S/C14H18N4S/c1-9-4-10(2)6-12(5-9)18-14(15)17-8-13-16-7-11(3)19-13/h4-7H,8H2,1-3H3,(H3,15,17,18). The van der Waals surface area contributed by atoms with Crippen LogP contribution in [0.5, 0.6) is 0 Å². The van der Waals surface area contributed by atoms with Crippen LogP contribution < -0.4 is 11.1 Å². The Morgan fingerprint density at radius 3 is 2.53 bits per heavy atom. The summed E-state index contributed by atoms with van der Waals surface area (Å²) in [6, 6.07) is 6.21. The Kier molecular flexibility index (Phi) is 4.16. The van der Waals surface area contributed by atoms with Crippen molar-refractivity contribution in [3.8, 4) is 0 Å². The minimum absolute atomic E-state index is 0.415. The maximum atomic E-state index is 5.88. The molecule has 3 N–H and O–H groups in total. The van der Waals surface area contributed by atoms with E-state index < -0.39 is 0 Å². The number of nitrogens with zero attached hydrogens (tertiary/aromatic N) is 2. The molecule has 0 fully saturated rings. The van der Waals surface area contributed by atoms with Gasteiger partial charge in [0, 0.05) is 16.8 Å². The molecule has 2 aromatic rings. The van der Waals surface area contributed by atoms with Crippen molar-refractivity contribution < 1.29 is 0 Å². The van der Waals surface area contributed by atoms with Gasteiger partial charge in [-0.05, 0) is 44.0 Å². The molecule has 0 saturated carbocycles. The number of thiazole rings is 1. The molecule has 19 heavy (non-hydrogen) atoms. The molecule has 5 heteroatoms. The smallest absolute Gasteiger partial charge is 0.193 e. The summed E-state index contributed by atoms with van der Waals surface area (Å²) in [6.45, 7) is 6.66. The van der Waals surface area contributed by atoms with Gasteiger partial charge in [-0.2, -0.15) is 0 Å². The Morgan fingerprint density at radius 2 is 1.95 bits per heavy atom. The number of aromatic nitrogens is 1. The molecule has 0 aliphatic carbocycles. The van der Waals surface area contributed by atoms with Crippen molar-refractivity contribution in [1.82, 2.24) is 4.98 Å². The number of nitrogens with two attached hydrogens (primary N) is 1. The Bertz CT molecular complexity index is 581. The SMILES string of the molecule is Cc1cc(C)cc(NC(N)=NCc2ncc(C)s2)c1. The van der Waals surface area contributed by atoms with E-state index in [1.807, 2.05) is 25.3 Å². The van der Waals surface area contributed by atoms with Gasteiger partial charge in [0.2, 0.25) is 0 Å². The number of rotatable bonds is 3. The molecule has 0 aliphatic rings. The quantitative estimate of drug-likeness (QED) is 0.668. The molecule has 0 bridgehead atoms. The minimum Gasteiger partial charge on any atom is -0.370 e. The van der Waals surface area contributed by atoms with Crippen LogP contribution in [-0.2, 0) is 6.54 Å². The van der Waals surface area contributed by atoms with Gasteiger partial charge in [0.15, 0.2) is 5.96 Å². The van der Waals surface area contributed by atoms with E-state index in [1.54, 1.807) is 11.3 Å². The van der Waals surface area contributed by atoms with Crippen molar-refractivity contribution in [2.75, 3.05) is 5.32 Å². The minimum atomic E-state index is 0.415. The van der Waals surface area contributed by atoms with E-state index in [0.717, 1.165) is 10.7 Å². The van der Waals surface area contributed by atoms with Gasteiger partial charge < -0.3 is 11.1 Å². The van der Waals surface area contributed by atoms with E-state index in [4.69, 9.17) is 5.73 Å². The maximum Gasteiger partial charge on any atom is 0.193 e. The largest absolute Gasteiger partial charge is 0.370 e. The summed E-state index contributed by atoms with van der Waals surface area (Å²) >= 11 is 1.64. The van der Waals surface area contributed by atoms with Crippen LogP contribution in [0.2, 0.25) is 0 Å². The van der Waals surface area contributed by atoms with Crippen molar-refractivity contribution in [3.05, 3.63) is 45.4 Å². The molecule has 0 radical (unpaired) electrons. The first-order valence-electron chi connectivity index (χ1n) is 6.09. The molecule has 100 valence electrons. The van der Waals surface area contributed by atoms with Gasteiger partial charge >= 0.3 is 0 Å². The van der Waals surface area contributed by atoms with Crippen LogP contribution in [0.3, 0.4) is 0 Å². The summed E-state index contributed by atoms with van der Waals surface area (Å²) < 4.78 is 0. The molecule has 0 amide bonds. The molecule has 0 atom stereocenters. The number of guanidine groups is 1. The summed E-state index contributed by atoms with van der Waals surface area (Å²) in [6.07, 6.45) is 1.85. The average molecular weight is 274 g/mol. The summed E-state index contributed by atoms with van der Waals surface area (Å²) in [5.74, 6) is 0.415. The summed E-state index contributed by atoms with van der Waals surface area (Å²) in [4.78, 5) is 9.73. The Hall–Kier alpha value is -1.88. The zero-order valence-electron chi connectivity index (χ0n) is 11.4. The second-order valence-corrected chi connectivity index (χ2v) is 5.89. The molecule has 1 heterocycles. The van der Waals surface area contributed by atoms with Crippen LogP contribution in [0.1, 0.15) is 21.0 Å². The second kappa shape index (κ2) is 5.84. The number of anilines is 1. The van der Waals surface area contributed by atoms with Crippen LogP contribution in [0.4, 0.5) is 5.69 Å². The lowest BCUT2D eigenvalue weighted by molar-refractivity contribution is 1.03. The molecule has 0 unspecified atom stereocenters. The first-order chi connectivity index (χ1) is 9.02. The summed E-state index contributed by atoms with van der Waals surface area (Å²) in [5, 5.41) is 4.08. The summed E-state index contributed by atoms with van der Waals surface area (Å²) in [7, 11) is 0. The molecule has 4 nitrogen and oxygen atoms in total. The fraction of sp³-hybridized carbons (Fsp3) is 0.286. The highest BCUT2D eigenvalue weighted by Gasteiger charge is 2.00. The molecule has 1 aromatic heterocycles. The molecule has 0 aliphatic heterocycles. The first-order valence-corrected chi connectivity index (χ1v) is 6.91. The third-order valence-electron chi connectivity index (χ3n) is 2.55. The van der Waals surface area contributed by atoms with Gasteiger partial charge in [-0.15, -0.1) is 11.3 Å². The normalized spacial score (nSPS) is 11.6. The van der Waals surface area contributed by atoms with Crippen LogP contribution in [0.25, 0.3) is 0 Å².